The molecule has 2 aromatic heterocycles. The molecular weight excluding hydrogens is 744 g/mol. The number of nitrogens with zero attached hydrogens (tertiary/aromatic N) is 4. The molecule has 0 saturated carbocycles. The number of amides is 1. The first-order valence-corrected chi connectivity index (χ1v) is 19.8. The van der Waals surface area contributed by atoms with E-state index in [0.717, 1.165) is 12.8 Å². The minimum absolute atomic E-state index is 0.0337. The quantitative estimate of drug-likeness (QED) is 0.0941. The van der Waals surface area contributed by atoms with Crippen molar-refractivity contribution in [2.45, 2.75) is 64.6 Å². The van der Waals surface area contributed by atoms with Gasteiger partial charge in [0, 0.05) is 18.2 Å². The van der Waals surface area contributed by atoms with Crippen molar-refractivity contribution in [1.29, 1.82) is 0 Å². The van der Waals surface area contributed by atoms with Crippen molar-refractivity contribution in [3.8, 4) is 5.75 Å². The monoisotopic (exact) mass is 788 g/mol. The van der Waals surface area contributed by atoms with E-state index in [2.05, 4.69) is 108 Å². The topological polar surface area (TPSA) is 150 Å². The molecule has 0 saturated heterocycles. The summed E-state index contributed by atoms with van der Waals surface area (Å²) in [5.41, 5.74) is 1.72. The van der Waals surface area contributed by atoms with Gasteiger partial charge in [0.2, 0.25) is 5.95 Å². The third kappa shape index (κ3) is 8.29. The molecule has 0 aliphatic carbocycles. The number of carboxylic acids is 1. The van der Waals surface area contributed by atoms with Gasteiger partial charge in [0.1, 0.15) is 16.8 Å². The minimum Gasteiger partial charge on any atom is -0.496 e. The molecule has 0 aliphatic heterocycles. The number of ether oxygens (including phenoxy) is 2. The number of carbonyl (C=O) groups excluding carboxylic acids is 1. The van der Waals surface area contributed by atoms with Gasteiger partial charge in [-0.2, -0.15) is 10.1 Å². The van der Waals surface area contributed by atoms with Gasteiger partial charge in [-0.3, -0.25) is 10.00 Å². The van der Waals surface area contributed by atoms with Gasteiger partial charge in [-0.1, -0.05) is 94.8 Å². The first-order valence-electron chi connectivity index (χ1n) is 17.1. The average molecular weight is 790 g/mol. The van der Waals surface area contributed by atoms with Crippen molar-refractivity contribution in [1.82, 2.24) is 19.7 Å². The Morgan fingerprint density at radius 3 is 2.17 bits per heavy atom. The molecule has 2 heterocycles. The number of halogens is 1. The van der Waals surface area contributed by atoms with E-state index in [4.69, 9.17) is 24.0 Å². The van der Waals surface area contributed by atoms with Crippen molar-refractivity contribution in [3.05, 3.63) is 94.6 Å². The molecule has 12 nitrogen and oxygen atoms in total. The van der Waals surface area contributed by atoms with Crippen LogP contribution in [-0.4, -0.2) is 72.1 Å². The molecule has 0 fully saturated rings. The fourth-order valence-corrected chi connectivity index (χ4v) is 11.7. The molecule has 0 spiro atoms. The fourth-order valence-electron chi connectivity index (χ4n) is 6.60. The van der Waals surface area contributed by atoms with E-state index >= 15 is 0 Å². The van der Waals surface area contributed by atoms with Crippen LogP contribution in [0.5, 0.6) is 5.75 Å². The molecule has 274 valence electrons. The maximum atomic E-state index is 12.3. The van der Waals surface area contributed by atoms with Crippen molar-refractivity contribution in [2.75, 3.05) is 31.5 Å². The average Bonchev–Trinajstić information content (AvgIpc) is 3.44. The van der Waals surface area contributed by atoms with Gasteiger partial charge in [0.15, 0.2) is 10.4 Å². The lowest BCUT2D eigenvalue weighted by Gasteiger charge is -2.43. The highest BCUT2D eigenvalue weighted by Crippen LogP contribution is 2.37. The summed E-state index contributed by atoms with van der Waals surface area (Å²) in [5, 5.41) is 22.8. The minimum atomic E-state index is -2.77. The fraction of sp³-hybridized carbons (Fsp3) is 0.342. The summed E-state index contributed by atoms with van der Waals surface area (Å²) in [4.78, 5) is 33.4. The molecule has 3 aromatic carbocycles. The van der Waals surface area contributed by atoms with Crippen LogP contribution in [0, 0.1) is 0 Å². The number of anilines is 2. The molecule has 5 rings (SSSR count). The molecule has 14 heteroatoms. The zero-order valence-electron chi connectivity index (χ0n) is 30.3. The molecule has 0 bridgehead atoms. The van der Waals surface area contributed by atoms with Crippen LogP contribution < -0.4 is 25.7 Å². The summed E-state index contributed by atoms with van der Waals surface area (Å²) in [7, 11) is 0.0298. The van der Waals surface area contributed by atoms with E-state index in [9.17, 15) is 14.7 Å². The number of carbonyl (C=O) groups is 2. The first kappa shape index (κ1) is 38.4. The largest absolute Gasteiger partial charge is 0.496 e. The molecule has 0 aliphatic rings. The second kappa shape index (κ2) is 16.7. The van der Waals surface area contributed by atoms with E-state index in [-0.39, 0.29) is 29.1 Å². The molecular formula is C38H45BrN6O6Si. The van der Waals surface area contributed by atoms with Crippen LogP contribution in [0.15, 0.2) is 83.5 Å². The molecule has 5 aromatic rings. The number of aromatic nitrogens is 4. The SMILES string of the molecule is CCCC(CCO[Si](c1ccccc1)(c1ccccc1)C(C)(C)C)Nc1nc(NC(=O)OC)nc2c(Br)nn(Cc3cc(C(=O)O)ccc3OC)c12. The van der Waals surface area contributed by atoms with Gasteiger partial charge < -0.3 is 24.3 Å². The number of benzene rings is 3. The molecule has 1 unspecified atom stereocenters. The normalized spacial score (nSPS) is 12.4. The Kier molecular flexibility index (Phi) is 12.3. The lowest BCUT2D eigenvalue weighted by atomic mass is 10.1. The Morgan fingerprint density at radius 2 is 1.62 bits per heavy atom. The zero-order valence-corrected chi connectivity index (χ0v) is 32.9. The summed E-state index contributed by atoms with van der Waals surface area (Å²) in [6, 6.07) is 25.7. The number of hydrogen-bond acceptors (Lipinski definition) is 9. The summed E-state index contributed by atoms with van der Waals surface area (Å²) in [6.45, 7) is 9.54. The third-order valence-electron chi connectivity index (χ3n) is 8.97. The van der Waals surface area contributed by atoms with Crippen molar-refractivity contribution >= 4 is 69.5 Å². The molecule has 1 atom stereocenters. The summed E-state index contributed by atoms with van der Waals surface area (Å²) < 4.78 is 19.7. The Bertz CT molecular complexity index is 1970. The van der Waals surface area contributed by atoms with E-state index < -0.39 is 20.4 Å². The zero-order chi connectivity index (χ0) is 37.5. The van der Waals surface area contributed by atoms with E-state index in [1.807, 2.05) is 12.1 Å². The van der Waals surface area contributed by atoms with Gasteiger partial charge >= 0.3 is 12.1 Å². The number of nitrogens with one attached hydrogen (secondary N) is 2. The van der Waals surface area contributed by atoms with Gasteiger partial charge in [-0.05, 0) is 62.4 Å². The lowest BCUT2D eigenvalue weighted by molar-refractivity contribution is 0.0696. The Balaban J connectivity index is 1.53. The Hall–Kier alpha value is -4.79. The molecule has 0 radical (unpaired) electrons. The van der Waals surface area contributed by atoms with Crippen LogP contribution in [0.1, 0.15) is 62.9 Å². The van der Waals surface area contributed by atoms with Crippen LogP contribution in [0.25, 0.3) is 11.0 Å². The molecule has 3 N–H and O–H groups in total. The summed E-state index contributed by atoms with van der Waals surface area (Å²) in [5.74, 6) is -0.0749. The highest BCUT2D eigenvalue weighted by molar-refractivity contribution is 9.10. The molecule has 1 amide bonds. The second-order valence-electron chi connectivity index (χ2n) is 13.4. The van der Waals surface area contributed by atoms with E-state index in [1.54, 1.807) is 16.8 Å². The van der Waals surface area contributed by atoms with Crippen LogP contribution in [0.4, 0.5) is 16.6 Å². The van der Waals surface area contributed by atoms with Crippen LogP contribution >= 0.6 is 15.9 Å². The van der Waals surface area contributed by atoms with Gasteiger partial charge in [0.05, 0.1) is 26.3 Å². The number of hydrogen-bond donors (Lipinski definition) is 3. The second-order valence-corrected chi connectivity index (χ2v) is 18.5. The van der Waals surface area contributed by atoms with E-state index in [1.165, 1.54) is 30.7 Å². The van der Waals surface area contributed by atoms with Crippen LogP contribution in [0.2, 0.25) is 5.04 Å². The maximum absolute atomic E-state index is 12.3. The first-order chi connectivity index (χ1) is 24.9. The number of fused-ring (bicyclic) bond motifs is 1. The lowest BCUT2D eigenvalue weighted by Crippen LogP contribution is -2.66. The number of rotatable bonds is 15. The highest BCUT2D eigenvalue weighted by atomic mass is 79.9. The smallest absolute Gasteiger partial charge is 0.413 e. The number of methoxy groups -OCH3 is 2. The van der Waals surface area contributed by atoms with Crippen molar-refractivity contribution in [3.63, 3.8) is 0 Å². The standard InChI is InChI=1S/C38H45BrN6O6Si/c1-7-14-27(21-22-51-52(38(2,3)4,28-15-10-8-11-16-28)29-17-12-9-13-18-29)40-34-32-31(41-36(42-34)43-37(48)50-6)33(39)44-45(32)24-26-23-25(35(46)47)19-20-30(26)49-5/h8-13,15-20,23,27H,7,14,21-22,24H2,1-6H3,(H,46,47)(H2,40,41,42,43,48). The maximum Gasteiger partial charge on any atom is 0.413 e. The third-order valence-corrected chi connectivity index (χ3v) is 14.5. The predicted octanol–water partition coefficient (Wildman–Crippen LogP) is 7.07. The van der Waals surface area contributed by atoms with Gasteiger partial charge in [-0.15, -0.1) is 0 Å². The number of carboxylic acid groups (broad SMARTS) is 1. The van der Waals surface area contributed by atoms with Crippen LogP contribution in [-0.2, 0) is 15.7 Å². The number of aromatic carboxylic acids is 1. The van der Waals surface area contributed by atoms with Crippen molar-refractivity contribution < 1.29 is 28.6 Å². The van der Waals surface area contributed by atoms with E-state index in [0.29, 0.717) is 45.8 Å². The summed E-state index contributed by atoms with van der Waals surface area (Å²) in [6.07, 6.45) is 1.64. The molecule has 52 heavy (non-hydrogen) atoms. The summed E-state index contributed by atoms with van der Waals surface area (Å²) >= 11 is 3.54. The van der Waals surface area contributed by atoms with Crippen molar-refractivity contribution in [2.24, 2.45) is 0 Å². The highest BCUT2D eigenvalue weighted by Gasteiger charge is 2.50. The Morgan fingerprint density at radius 1 is 0.962 bits per heavy atom. The van der Waals surface area contributed by atoms with Gasteiger partial charge in [0.25, 0.3) is 8.32 Å². The van der Waals surface area contributed by atoms with Crippen LogP contribution in [0.3, 0.4) is 0 Å². The Labute approximate surface area is 313 Å². The van der Waals surface area contributed by atoms with Gasteiger partial charge in [-0.25, -0.2) is 14.6 Å². The predicted molar refractivity (Wildman–Crippen MR) is 209 cm³/mol.